The Morgan fingerprint density at radius 2 is 2.35 bits per heavy atom. The van der Waals surface area contributed by atoms with Crippen molar-refractivity contribution in [2.24, 2.45) is 0 Å². The first-order chi connectivity index (χ1) is 7.98. The minimum atomic E-state index is -1.03. The van der Waals surface area contributed by atoms with Gasteiger partial charge >= 0.3 is 0 Å². The highest BCUT2D eigenvalue weighted by molar-refractivity contribution is 5.06. The predicted octanol–water partition coefficient (Wildman–Crippen LogP) is 0.522. The summed E-state index contributed by atoms with van der Waals surface area (Å²) >= 11 is 0. The number of hydrogen-bond donors (Lipinski definition) is 2. The minimum Gasteiger partial charge on any atom is -0.379 e. The zero-order chi connectivity index (χ0) is 12.5. The Morgan fingerprint density at radius 1 is 1.59 bits per heavy atom. The van der Waals surface area contributed by atoms with Gasteiger partial charge in [0.1, 0.15) is 5.60 Å². The highest BCUT2D eigenvalue weighted by Gasteiger charge is 2.40. The normalized spacial score (nSPS) is 25.4. The zero-order valence-corrected chi connectivity index (χ0v) is 10.5. The molecule has 1 saturated heterocycles. The molecule has 1 aromatic heterocycles. The van der Waals surface area contributed by atoms with E-state index in [9.17, 15) is 5.11 Å². The molecule has 0 bridgehead atoms. The number of hydrogen-bond acceptors (Lipinski definition) is 6. The van der Waals surface area contributed by atoms with Crippen molar-refractivity contribution in [3.8, 4) is 0 Å². The molecule has 2 N–H and O–H groups in total. The summed E-state index contributed by atoms with van der Waals surface area (Å²) in [7, 11) is 0. The molecular weight excluding hydrogens is 222 g/mol. The number of aliphatic hydroxyl groups is 1. The van der Waals surface area contributed by atoms with E-state index in [2.05, 4.69) is 15.5 Å². The number of nitrogens with one attached hydrogen (secondary N) is 1. The smallest absolute Gasteiger partial charge is 0.260 e. The van der Waals surface area contributed by atoms with Crippen LogP contribution in [0, 0.1) is 0 Å². The lowest BCUT2D eigenvalue weighted by Gasteiger charge is -2.20. The van der Waals surface area contributed by atoms with Crippen molar-refractivity contribution < 1.29 is 14.4 Å². The monoisotopic (exact) mass is 241 g/mol. The number of rotatable bonds is 4. The lowest BCUT2D eigenvalue weighted by molar-refractivity contribution is -0.0221. The minimum absolute atomic E-state index is 0.269. The lowest BCUT2D eigenvalue weighted by Crippen LogP contribution is -2.29. The van der Waals surface area contributed by atoms with Gasteiger partial charge in [-0.25, -0.2) is 0 Å². The quantitative estimate of drug-likeness (QED) is 0.800. The average molecular weight is 241 g/mol. The molecule has 0 spiro atoms. The maximum absolute atomic E-state index is 10.3. The summed E-state index contributed by atoms with van der Waals surface area (Å²) in [6, 6.07) is 0. The van der Waals surface area contributed by atoms with Crippen LogP contribution in [-0.2, 0) is 15.9 Å². The molecule has 17 heavy (non-hydrogen) atoms. The largest absolute Gasteiger partial charge is 0.379 e. The molecule has 1 aliphatic heterocycles. The molecule has 96 valence electrons. The van der Waals surface area contributed by atoms with Crippen molar-refractivity contribution in [2.75, 3.05) is 19.7 Å². The summed E-state index contributed by atoms with van der Waals surface area (Å²) in [6.07, 6.45) is 0.587. The van der Waals surface area contributed by atoms with Gasteiger partial charge in [0, 0.05) is 13.2 Å². The van der Waals surface area contributed by atoms with Gasteiger partial charge in [0.15, 0.2) is 5.60 Å². The molecular formula is C11H19N3O3. The van der Waals surface area contributed by atoms with Crippen molar-refractivity contribution in [3.63, 3.8) is 0 Å². The number of nitrogens with zero attached hydrogens (tertiary/aromatic N) is 2. The van der Waals surface area contributed by atoms with Crippen LogP contribution in [0.25, 0.3) is 0 Å². The van der Waals surface area contributed by atoms with E-state index in [4.69, 9.17) is 9.26 Å². The van der Waals surface area contributed by atoms with Crippen LogP contribution in [-0.4, -0.2) is 34.9 Å². The van der Waals surface area contributed by atoms with Crippen molar-refractivity contribution in [1.29, 1.82) is 0 Å². The molecule has 0 aromatic carbocycles. The Morgan fingerprint density at radius 3 is 2.94 bits per heavy atom. The summed E-state index contributed by atoms with van der Waals surface area (Å²) in [5.41, 5.74) is -1.63. The maximum atomic E-state index is 10.3. The fourth-order valence-electron chi connectivity index (χ4n) is 1.94. The summed E-state index contributed by atoms with van der Waals surface area (Å²) in [4.78, 5) is 4.26. The van der Waals surface area contributed by atoms with Gasteiger partial charge in [0.05, 0.1) is 0 Å². The van der Waals surface area contributed by atoms with E-state index in [0.717, 1.165) is 6.54 Å². The van der Waals surface area contributed by atoms with Crippen LogP contribution in [0.15, 0.2) is 4.52 Å². The van der Waals surface area contributed by atoms with E-state index in [0.29, 0.717) is 25.4 Å². The molecule has 0 aliphatic carbocycles. The number of ether oxygens (including phenoxy) is 1. The highest BCUT2D eigenvalue weighted by atomic mass is 16.5. The van der Waals surface area contributed by atoms with E-state index >= 15 is 0 Å². The third kappa shape index (κ3) is 2.34. The Hall–Kier alpha value is -0.980. The summed E-state index contributed by atoms with van der Waals surface area (Å²) < 4.78 is 10.7. The molecule has 1 aromatic rings. The first kappa shape index (κ1) is 12.5. The molecule has 6 nitrogen and oxygen atoms in total. The second kappa shape index (κ2) is 4.36. The van der Waals surface area contributed by atoms with Crippen molar-refractivity contribution in [2.45, 2.75) is 38.4 Å². The molecule has 2 heterocycles. The lowest BCUT2D eigenvalue weighted by atomic mass is 10.0. The summed E-state index contributed by atoms with van der Waals surface area (Å²) in [5.74, 6) is 0.736. The van der Waals surface area contributed by atoms with Crippen LogP contribution in [0.4, 0.5) is 0 Å². The van der Waals surface area contributed by atoms with Crippen LogP contribution in [0.3, 0.4) is 0 Å². The van der Waals surface area contributed by atoms with Crippen molar-refractivity contribution in [1.82, 2.24) is 15.5 Å². The second-order valence-corrected chi connectivity index (χ2v) is 4.82. The fraction of sp³-hybridized carbons (Fsp3) is 0.818. The van der Waals surface area contributed by atoms with E-state index in [-0.39, 0.29) is 5.89 Å². The van der Waals surface area contributed by atoms with E-state index in [1.807, 2.05) is 20.8 Å². The molecule has 1 unspecified atom stereocenters. The molecule has 1 atom stereocenters. The topological polar surface area (TPSA) is 80.4 Å². The van der Waals surface area contributed by atoms with Gasteiger partial charge < -0.3 is 19.7 Å². The molecule has 2 rings (SSSR count). The molecule has 1 fully saturated rings. The summed E-state index contributed by atoms with van der Waals surface area (Å²) in [6.45, 7) is 7.44. The van der Waals surface area contributed by atoms with E-state index in [1.165, 1.54) is 0 Å². The highest BCUT2D eigenvalue weighted by Crippen LogP contribution is 2.29. The molecule has 1 aliphatic rings. The van der Waals surface area contributed by atoms with E-state index < -0.39 is 11.2 Å². The van der Waals surface area contributed by atoms with E-state index in [1.54, 1.807) is 0 Å². The Kier molecular flexibility index (Phi) is 3.20. The second-order valence-electron chi connectivity index (χ2n) is 4.82. The third-order valence-corrected chi connectivity index (χ3v) is 3.00. The first-order valence-electron chi connectivity index (χ1n) is 5.90. The Balaban J connectivity index is 2.21. The van der Waals surface area contributed by atoms with Crippen molar-refractivity contribution in [3.05, 3.63) is 11.7 Å². The molecule has 0 amide bonds. The fourth-order valence-corrected chi connectivity index (χ4v) is 1.94. The average Bonchev–Trinajstić information content (AvgIpc) is 2.86. The van der Waals surface area contributed by atoms with Crippen LogP contribution in [0.5, 0.6) is 0 Å². The third-order valence-electron chi connectivity index (χ3n) is 3.00. The zero-order valence-electron chi connectivity index (χ0n) is 10.5. The molecule has 6 heteroatoms. The van der Waals surface area contributed by atoms with Crippen molar-refractivity contribution >= 4 is 0 Å². The predicted molar refractivity (Wildman–Crippen MR) is 60.3 cm³/mol. The molecule has 0 radical (unpaired) electrons. The summed E-state index contributed by atoms with van der Waals surface area (Å²) in [5, 5.41) is 17.2. The maximum Gasteiger partial charge on any atom is 0.260 e. The van der Waals surface area contributed by atoms with Gasteiger partial charge in [-0.05, 0) is 33.7 Å². The van der Waals surface area contributed by atoms with Crippen LogP contribution < -0.4 is 5.32 Å². The van der Waals surface area contributed by atoms with Crippen LogP contribution in [0.1, 0.15) is 38.9 Å². The standard InChI is InChI=1S/C11H19N3O3/c1-4-16-10(2,3)8-13-9(17-14-8)11(15)5-6-12-7-11/h12,15H,4-7H2,1-3H3. The van der Waals surface area contributed by atoms with Gasteiger partial charge in [-0.3, -0.25) is 0 Å². The van der Waals surface area contributed by atoms with Gasteiger partial charge in [-0.15, -0.1) is 0 Å². The SMILES string of the molecule is CCOC(C)(C)c1noc(C2(O)CCNC2)n1. The Bertz CT molecular complexity index is 383. The van der Waals surface area contributed by atoms with Gasteiger partial charge in [0.25, 0.3) is 5.89 Å². The molecule has 0 saturated carbocycles. The van der Waals surface area contributed by atoms with Crippen LogP contribution in [0.2, 0.25) is 0 Å². The van der Waals surface area contributed by atoms with Gasteiger partial charge in [0.2, 0.25) is 5.82 Å². The number of β-amino-alcohol motifs (C(OH)–C–C–N with tert-alkyl or cyclic N) is 1. The van der Waals surface area contributed by atoms with Gasteiger partial charge in [-0.1, -0.05) is 5.16 Å². The first-order valence-corrected chi connectivity index (χ1v) is 5.90. The Labute approximate surface area is 100 Å². The number of aromatic nitrogens is 2. The van der Waals surface area contributed by atoms with Gasteiger partial charge in [-0.2, -0.15) is 4.98 Å². The van der Waals surface area contributed by atoms with Crippen LogP contribution >= 0.6 is 0 Å².